The van der Waals surface area contributed by atoms with E-state index in [0.717, 1.165) is 16.4 Å². The molecule has 118 valence electrons. The van der Waals surface area contributed by atoms with Crippen molar-refractivity contribution < 1.29 is 22.7 Å². The number of benzene rings is 1. The van der Waals surface area contributed by atoms with Gasteiger partial charge in [-0.3, -0.25) is 0 Å². The summed E-state index contributed by atoms with van der Waals surface area (Å²) in [6.45, 7) is 5.63. The zero-order valence-corrected chi connectivity index (χ0v) is 13.7. The molecule has 5 nitrogen and oxygen atoms in total. The summed E-state index contributed by atoms with van der Waals surface area (Å²) in [6.07, 6.45) is 0. The molecule has 0 aliphatic carbocycles. The molecule has 0 atom stereocenters. The number of hydrogen-bond acceptors (Lipinski definition) is 3. The van der Waals surface area contributed by atoms with Gasteiger partial charge in [-0.1, -0.05) is 32.4 Å². The van der Waals surface area contributed by atoms with Crippen molar-refractivity contribution in [3.8, 4) is 0 Å². The third-order valence-corrected chi connectivity index (χ3v) is 4.64. The molecule has 0 fully saturated rings. The molecular weight excluding hydrogens is 321 g/mol. The standard InChI is InChI=1S/C13H17ClFNO4S/c1-13(2,3)7-16(4)21(19,20)10-6-8(14)5-9(11(10)15)12(17)18/h5-6H,7H2,1-4H3,(H,17,18). The van der Waals surface area contributed by atoms with Gasteiger partial charge in [-0.15, -0.1) is 0 Å². The molecule has 0 aromatic heterocycles. The number of sulfonamides is 1. The molecule has 0 spiro atoms. The molecule has 0 heterocycles. The van der Waals surface area contributed by atoms with E-state index in [9.17, 15) is 17.6 Å². The number of nitrogens with zero attached hydrogens (tertiary/aromatic N) is 1. The zero-order chi connectivity index (χ0) is 16.6. The Morgan fingerprint density at radius 3 is 2.33 bits per heavy atom. The van der Waals surface area contributed by atoms with E-state index in [1.54, 1.807) is 0 Å². The maximum Gasteiger partial charge on any atom is 0.338 e. The van der Waals surface area contributed by atoms with Gasteiger partial charge in [-0.05, 0) is 17.5 Å². The molecule has 1 N–H and O–H groups in total. The van der Waals surface area contributed by atoms with Crippen LogP contribution in [-0.2, 0) is 10.0 Å². The van der Waals surface area contributed by atoms with Crippen molar-refractivity contribution in [2.75, 3.05) is 13.6 Å². The fourth-order valence-electron chi connectivity index (χ4n) is 1.83. The number of halogens is 2. The second kappa shape index (κ2) is 5.90. The molecule has 8 heteroatoms. The predicted octanol–water partition coefficient (Wildman–Crippen LogP) is 2.84. The lowest BCUT2D eigenvalue weighted by Gasteiger charge is -2.26. The number of carboxylic acids is 1. The van der Waals surface area contributed by atoms with Gasteiger partial charge in [0.1, 0.15) is 4.90 Å². The van der Waals surface area contributed by atoms with Crippen LogP contribution in [0.5, 0.6) is 0 Å². The second-order valence-corrected chi connectivity index (χ2v) is 8.34. The Hall–Kier alpha value is -1.18. The molecule has 0 aliphatic heterocycles. The fourth-order valence-corrected chi connectivity index (χ4v) is 3.62. The second-order valence-electron chi connectivity index (χ2n) is 5.89. The van der Waals surface area contributed by atoms with Crippen LogP contribution in [0.25, 0.3) is 0 Å². The van der Waals surface area contributed by atoms with Crippen LogP contribution in [0.4, 0.5) is 4.39 Å². The van der Waals surface area contributed by atoms with Gasteiger partial charge >= 0.3 is 5.97 Å². The Morgan fingerprint density at radius 2 is 1.90 bits per heavy atom. The molecule has 21 heavy (non-hydrogen) atoms. The van der Waals surface area contributed by atoms with Crippen molar-refractivity contribution in [3.05, 3.63) is 28.5 Å². The van der Waals surface area contributed by atoms with Crippen LogP contribution in [0.15, 0.2) is 17.0 Å². The summed E-state index contributed by atoms with van der Waals surface area (Å²) >= 11 is 5.70. The summed E-state index contributed by atoms with van der Waals surface area (Å²) in [5.41, 5.74) is -1.11. The van der Waals surface area contributed by atoms with E-state index >= 15 is 0 Å². The highest BCUT2D eigenvalue weighted by atomic mass is 35.5. The third-order valence-electron chi connectivity index (χ3n) is 2.62. The Morgan fingerprint density at radius 1 is 1.38 bits per heavy atom. The van der Waals surface area contributed by atoms with Crippen LogP contribution < -0.4 is 0 Å². The van der Waals surface area contributed by atoms with Gasteiger partial charge in [0.05, 0.1) is 5.56 Å². The number of carbonyl (C=O) groups is 1. The van der Waals surface area contributed by atoms with E-state index < -0.39 is 32.3 Å². The molecule has 1 aromatic rings. The van der Waals surface area contributed by atoms with Gasteiger partial charge in [0.25, 0.3) is 0 Å². The summed E-state index contributed by atoms with van der Waals surface area (Å²) in [5, 5.41) is 8.74. The Balaban J connectivity index is 3.42. The third kappa shape index (κ3) is 4.15. The zero-order valence-electron chi connectivity index (χ0n) is 12.1. The van der Waals surface area contributed by atoms with Gasteiger partial charge < -0.3 is 5.11 Å². The maximum absolute atomic E-state index is 14.1. The van der Waals surface area contributed by atoms with Crippen molar-refractivity contribution in [1.29, 1.82) is 0 Å². The number of rotatable bonds is 4. The molecule has 0 radical (unpaired) electrons. The van der Waals surface area contributed by atoms with Gasteiger partial charge in [0.15, 0.2) is 5.82 Å². The molecule has 0 aliphatic rings. The summed E-state index contributed by atoms with van der Waals surface area (Å²) in [5.74, 6) is -2.89. The normalized spacial score (nSPS) is 12.7. The fraction of sp³-hybridized carbons (Fsp3) is 0.462. The summed E-state index contributed by atoms with van der Waals surface area (Å²) in [6, 6.07) is 1.79. The number of carboxylic acid groups (broad SMARTS) is 1. The highest BCUT2D eigenvalue weighted by Crippen LogP contribution is 2.27. The van der Waals surface area contributed by atoms with Crippen LogP contribution in [0.1, 0.15) is 31.1 Å². The van der Waals surface area contributed by atoms with E-state index in [4.69, 9.17) is 16.7 Å². The first-order valence-electron chi connectivity index (χ1n) is 6.05. The molecule has 0 saturated carbocycles. The van der Waals surface area contributed by atoms with E-state index in [1.807, 2.05) is 20.8 Å². The van der Waals surface area contributed by atoms with E-state index in [0.29, 0.717) is 0 Å². The predicted molar refractivity (Wildman–Crippen MR) is 77.6 cm³/mol. The van der Waals surface area contributed by atoms with Crippen LogP contribution in [-0.4, -0.2) is 37.4 Å². The van der Waals surface area contributed by atoms with Gasteiger partial charge in [0.2, 0.25) is 10.0 Å². The van der Waals surface area contributed by atoms with Gasteiger partial charge in [-0.2, -0.15) is 0 Å². The van der Waals surface area contributed by atoms with Crippen molar-refractivity contribution in [2.24, 2.45) is 5.41 Å². The van der Waals surface area contributed by atoms with E-state index in [2.05, 4.69) is 0 Å². The Bertz CT molecular complexity index is 667. The van der Waals surface area contributed by atoms with Crippen molar-refractivity contribution in [1.82, 2.24) is 4.31 Å². The quantitative estimate of drug-likeness (QED) is 0.916. The average Bonchev–Trinajstić information content (AvgIpc) is 2.28. The topological polar surface area (TPSA) is 74.7 Å². The number of aromatic carboxylic acids is 1. The van der Waals surface area contributed by atoms with Crippen molar-refractivity contribution >= 4 is 27.6 Å². The van der Waals surface area contributed by atoms with Gasteiger partial charge in [-0.25, -0.2) is 21.9 Å². The minimum atomic E-state index is -4.17. The minimum Gasteiger partial charge on any atom is -0.478 e. The average molecular weight is 338 g/mol. The van der Waals surface area contributed by atoms with Crippen LogP contribution in [0.2, 0.25) is 5.02 Å². The molecule has 1 rings (SSSR count). The molecule has 0 amide bonds. The lowest BCUT2D eigenvalue weighted by Crippen LogP contribution is -2.35. The molecular formula is C13H17ClFNO4S. The Labute approximate surface area is 128 Å². The lowest BCUT2D eigenvalue weighted by molar-refractivity contribution is 0.0691. The molecule has 0 unspecified atom stereocenters. The van der Waals surface area contributed by atoms with Crippen LogP contribution >= 0.6 is 11.6 Å². The highest BCUT2D eigenvalue weighted by Gasteiger charge is 2.30. The first-order valence-corrected chi connectivity index (χ1v) is 7.87. The summed E-state index contributed by atoms with van der Waals surface area (Å²) in [7, 11) is -2.86. The lowest BCUT2D eigenvalue weighted by atomic mass is 9.97. The minimum absolute atomic E-state index is 0.143. The molecule has 1 aromatic carbocycles. The Kier molecular flexibility index (Phi) is 5.02. The summed E-state index contributed by atoms with van der Waals surface area (Å²) < 4.78 is 39.9. The summed E-state index contributed by atoms with van der Waals surface area (Å²) in [4.78, 5) is 10.2. The van der Waals surface area contributed by atoms with Crippen molar-refractivity contribution in [2.45, 2.75) is 25.7 Å². The monoisotopic (exact) mass is 337 g/mol. The maximum atomic E-state index is 14.1. The number of hydrogen-bond donors (Lipinski definition) is 1. The van der Waals surface area contributed by atoms with E-state index in [1.165, 1.54) is 7.05 Å². The van der Waals surface area contributed by atoms with Crippen LogP contribution in [0.3, 0.4) is 0 Å². The van der Waals surface area contributed by atoms with Crippen LogP contribution in [0, 0.1) is 11.2 Å². The van der Waals surface area contributed by atoms with Gasteiger partial charge in [0, 0.05) is 18.6 Å². The van der Waals surface area contributed by atoms with E-state index in [-0.39, 0.29) is 17.0 Å². The molecule has 0 bridgehead atoms. The molecule has 0 saturated heterocycles. The van der Waals surface area contributed by atoms with Crippen molar-refractivity contribution in [3.63, 3.8) is 0 Å². The first-order chi connectivity index (χ1) is 9.36. The first kappa shape index (κ1) is 17.9. The highest BCUT2D eigenvalue weighted by molar-refractivity contribution is 7.89. The largest absolute Gasteiger partial charge is 0.478 e. The smallest absolute Gasteiger partial charge is 0.338 e. The SMILES string of the molecule is CN(CC(C)(C)C)S(=O)(=O)c1cc(Cl)cc(C(=O)O)c1F.